The number of amides is 1. The van der Waals surface area contributed by atoms with Crippen LogP contribution in [0.25, 0.3) is 0 Å². The molecule has 1 aliphatic rings. The fourth-order valence-electron chi connectivity index (χ4n) is 4.00. The zero-order chi connectivity index (χ0) is 24.0. The first-order chi connectivity index (χ1) is 15.6. The van der Waals surface area contributed by atoms with E-state index in [9.17, 15) is 13.2 Å². The topological polar surface area (TPSA) is 79.0 Å². The SMILES string of the molecule is CC1CCCN(c2ccc(CNC(=O)CN(c3ccc(OC(C)C)cc3)S(C)(=O)=O)cc2)C1. The van der Waals surface area contributed by atoms with Gasteiger partial charge in [0, 0.05) is 25.3 Å². The smallest absolute Gasteiger partial charge is 0.241 e. The fourth-order valence-corrected chi connectivity index (χ4v) is 4.86. The Labute approximate surface area is 197 Å². The molecular formula is C25H35N3O4S. The van der Waals surface area contributed by atoms with Crippen LogP contribution in [0.4, 0.5) is 11.4 Å². The lowest BCUT2D eigenvalue weighted by atomic mass is 9.99. The van der Waals surface area contributed by atoms with Gasteiger partial charge in [-0.15, -0.1) is 0 Å². The first-order valence-electron chi connectivity index (χ1n) is 11.5. The predicted octanol–water partition coefficient (Wildman–Crippen LogP) is 3.79. The Morgan fingerprint density at radius 1 is 1.15 bits per heavy atom. The monoisotopic (exact) mass is 473 g/mol. The molecular weight excluding hydrogens is 438 g/mol. The lowest BCUT2D eigenvalue weighted by Gasteiger charge is -2.32. The third-order valence-corrected chi connectivity index (χ3v) is 6.77. The number of benzene rings is 2. The minimum atomic E-state index is -3.63. The lowest BCUT2D eigenvalue weighted by molar-refractivity contribution is -0.119. The van der Waals surface area contributed by atoms with Crippen molar-refractivity contribution in [2.45, 2.75) is 46.3 Å². The quantitative estimate of drug-likeness (QED) is 0.599. The third-order valence-electron chi connectivity index (χ3n) is 5.63. The summed E-state index contributed by atoms with van der Waals surface area (Å²) in [5.41, 5.74) is 2.59. The number of hydrogen-bond donors (Lipinski definition) is 1. The van der Waals surface area contributed by atoms with Crippen LogP contribution >= 0.6 is 0 Å². The number of hydrogen-bond acceptors (Lipinski definition) is 5. The number of anilines is 2. The van der Waals surface area contributed by atoms with Crippen molar-refractivity contribution < 1.29 is 17.9 Å². The molecule has 2 aromatic rings. The predicted molar refractivity (Wildman–Crippen MR) is 133 cm³/mol. The molecule has 0 bridgehead atoms. The fraction of sp³-hybridized carbons (Fsp3) is 0.480. The van der Waals surface area contributed by atoms with Crippen LogP contribution in [0, 0.1) is 5.92 Å². The molecule has 8 heteroatoms. The molecule has 180 valence electrons. The van der Waals surface area contributed by atoms with E-state index in [1.807, 2.05) is 26.0 Å². The number of ether oxygens (including phenoxy) is 1. The maximum absolute atomic E-state index is 12.6. The van der Waals surface area contributed by atoms with Crippen LogP contribution in [-0.2, 0) is 21.4 Å². The van der Waals surface area contributed by atoms with Gasteiger partial charge < -0.3 is 15.0 Å². The van der Waals surface area contributed by atoms with E-state index in [0.29, 0.717) is 23.9 Å². The minimum Gasteiger partial charge on any atom is -0.491 e. The highest BCUT2D eigenvalue weighted by atomic mass is 32.2. The normalized spacial score (nSPS) is 16.5. The highest BCUT2D eigenvalue weighted by Gasteiger charge is 2.21. The molecule has 2 aromatic carbocycles. The number of sulfonamides is 1. The van der Waals surface area contributed by atoms with E-state index in [2.05, 4.69) is 29.3 Å². The summed E-state index contributed by atoms with van der Waals surface area (Å²) < 4.78 is 31.4. The first-order valence-corrected chi connectivity index (χ1v) is 13.3. The lowest BCUT2D eigenvalue weighted by Crippen LogP contribution is -2.40. The van der Waals surface area contributed by atoms with Gasteiger partial charge in [-0.1, -0.05) is 19.1 Å². The van der Waals surface area contributed by atoms with Crippen LogP contribution in [0.15, 0.2) is 48.5 Å². The summed E-state index contributed by atoms with van der Waals surface area (Å²) >= 11 is 0. The van der Waals surface area contributed by atoms with E-state index in [-0.39, 0.29) is 18.6 Å². The van der Waals surface area contributed by atoms with Crippen molar-refractivity contribution in [1.29, 1.82) is 0 Å². The molecule has 1 amide bonds. The highest BCUT2D eigenvalue weighted by molar-refractivity contribution is 7.92. The molecule has 0 radical (unpaired) electrons. The van der Waals surface area contributed by atoms with E-state index in [0.717, 1.165) is 29.2 Å². The summed E-state index contributed by atoms with van der Waals surface area (Å²) in [6.07, 6.45) is 3.61. The zero-order valence-electron chi connectivity index (χ0n) is 20.0. The van der Waals surface area contributed by atoms with Gasteiger partial charge in [0.2, 0.25) is 15.9 Å². The molecule has 1 N–H and O–H groups in total. The molecule has 7 nitrogen and oxygen atoms in total. The Kier molecular flexibility index (Phi) is 8.24. The second-order valence-electron chi connectivity index (χ2n) is 9.07. The zero-order valence-corrected chi connectivity index (χ0v) is 20.8. The van der Waals surface area contributed by atoms with Gasteiger partial charge in [0.05, 0.1) is 18.0 Å². The van der Waals surface area contributed by atoms with Gasteiger partial charge >= 0.3 is 0 Å². The maximum atomic E-state index is 12.6. The summed E-state index contributed by atoms with van der Waals surface area (Å²) in [7, 11) is -3.63. The molecule has 0 aromatic heterocycles. The summed E-state index contributed by atoms with van der Waals surface area (Å²) in [4.78, 5) is 15.0. The Balaban J connectivity index is 1.58. The number of carbonyl (C=O) groups excluding carboxylic acids is 1. The molecule has 1 saturated heterocycles. The first kappa shape index (κ1) is 24.9. The number of carbonyl (C=O) groups is 1. The molecule has 1 atom stereocenters. The van der Waals surface area contributed by atoms with Crippen molar-refractivity contribution in [1.82, 2.24) is 5.32 Å². The summed E-state index contributed by atoms with van der Waals surface area (Å²) in [6.45, 7) is 8.32. The van der Waals surface area contributed by atoms with Crippen LogP contribution in [0.1, 0.15) is 39.2 Å². The van der Waals surface area contributed by atoms with Gasteiger partial charge in [0.25, 0.3) is 0 Å². The minimum absolute atomic E-state index is 0.0186. The van der Waals surface area contributed by atoms with Crippen LogP contribution in [0.2, 0.25) is 0 Å². The second kappa shape index (κ2) is 10.9. The van der Waals surface area contributed by atoms with Gasteiger partial charge in [-0.05, 0) is 74.6 Å². The molecule has 1 unspecified atom stereocenters. The average Bonchev–Trinajstić information content (AvgIpc) is 2.76. The van der Waals surface area contributed by atoms with E-state index in [1.54, 1.807) is 24.3 Å². The van der Waals surface area contributed by atoms with Crippen LogP contribution in [0.3, 0.4) is 0 Å². The van der Waals surface area contributed by atoms with Crippen molar-refractivity contribution in [3.8, 4) is 5.75 Å². The van der Waals surface area contributed by atoms with Gasteiger partial charge in [-0.2, -0.15) is 0 Å². The Hall–Kier alpha value is -2.74. The molecule has 0 saturated carbocycles. The second-order valence-corrected chi connectivity index (χ2v) is 11.0. The number of nitrogens with one attached hydrogen (secondary N) is 1. The summed E-state index contributed by atoms with van der Waals surface area (Å²) in [5, 5.41) is 2.83. The molecule has 1 heterocycles. The van der Waals surface area contributed by atoms with Gasteiger partial charge in [-0.25, -0.2) is 8.42 Å². The highest BCUT2D eigenvalue weighted by Crippen LogP contribution is 2.24. The maximum Gasteiger partial charge on any atom is 0.241 e. The van der Waals surface area contributed by atoms with Crippen molar-refractivity contribution in [2.24, 2.45) is 5.92 Å². The molecule has 33 heavy (non-hydrogen) atoms. The summed E-state index contributed by atoms with van der Waals surface area (Å²) in [5.74, 6) is 0.986. The molecule has 0 spiro atoms. The molecule has 3 rings (SSSR count). The van der Waals surface area contributed by atoms with Crippen molar-refractivity contribution in [3.05, 3.63) is 54.1 Å². The van der Waals surface area contributed by atoms with Gasteiger partial charge in [-0.3, -0.25) is 9.10 Å². The van der Waals surface area contributed by atoms with Gasteiger partial charge in [0.1, 0.15) is 12.3 Å². The van der Waals surface area contributed by atoms with Crippen molar-refractivity contribution >= 4 is 27.3 Å². The van der Waals surface area contributed by atoms with E-state index < -0.39 is 10.0 Å². The van der Waals surface area contributed by atoms with Crippen LogP contribution in [0.5, 0.6) is 5.75 Å². The Morgan fingerprint density at radius 3 is 2.39 bits per heavy atom. The number of rotatable bonds is 9. The number of piperidine rings is 1. The standard InChI is InChI=1S/C25H35N3O4S/c1-19(2)32-24-13-11-23(12-14-24)28(33(4,30)31)18-25(29)26-16-21-7-9-22(10-8-21)27-15-5-6-20(3)17-27/h7-14,19-20H,5-6,15-18H2,1-4H3,(H,26,29). The summed E-state index contributed by atoms with van der Waals surface area (Å²) in [6, 6.07) is 14.9. The third kappa shape index (κ3) is 7.39. The Bertz CT molecular complexity index is 1020. The van der Waals surface area contributed by atoms with E-state index in [1.165, 1.54) is 18.5 Å². The van der Waals surface area contributed by atoms with Crippen molar-refractivity contribution in [2.75, 3.05) is 35.1 Å². The largest absolute Gasteiger partial charge is 0.491 e. The molecule has 1 aliphatic heterocycles. The average molecular weight is 474 g/mol. The molecule has 0 aliphatic carbocycles. The number of nitrogens with zero attached hydrogens (tertiary/aromatic N) is 2. The van der Waals surface area contributed by atoms with E-state index >= 15 is 0 Å². The Morgan fingerprint density at radius 2 is 1.82 bits per heavy atom. The van der Waals surface area contributed by atoms with Crippen molar-refractivity contribution in [3.63, 3.8) is 0 Å². The van der Waals surface area contributed by atoms with Crippen LogP contribution < -0.4 is 19.3 Å². The van der Waals surface area contributed by atoms with Gasteiger partial charge in [0.15, 0.2) is 0 Å². The van der Waals surface area contributed by atoms with E-state index in [4.69, 9.17) is 4.74 Å². The van der Waals surface area contributed by atoms with Crippen LogP contribution in [-0.4, -0.2) is 46.3 Å². The molecule has 1 fully saturated rings.